The molecule has 0 spiro atoms. The highest BCUT2D eigenvalue weighted by Crippen LogP contribution is 2.28. The molecular formula is C15H23ClN2O. The summed E-state index contributed by atoms with van der Waals surface area (Å²) in [6.07, 6.45) is 5.17. The highest BCUT2D eigenvalue weighted by atomic mass is 35.5. The first-order chi connectivity index (χ1) is 8.66. The molecule has 106 valence electrons. The minimum absolute atomic E-state index is 0. The average Bonchev–Trinajstić information content (AvgIpc) is 2.38. The van der Waals surface area contributed by atoms with Gasteiger partial charge in [-0.15, -0.1) is 12.4 Å². The fourth-order valence-electron chi connectivity index (χ4n) is 2.66. The van der Waals surface area contributed by atoms with Crippen LogP contribution in [0.2, 0.25) is 0 Å². The van der Waals surface area contributed by atoms with Crippen LogP contribution < -0.4 is 11.1 Å². The van der Waals surface area contributed by atoms with E-state index in [0.717, 1.165) is 12.5 Å². The number of rotatable bonds is 3. The van der Waals surface area contributed by atoms with Crippen molar-refractivity contribution in [3.8, 4) is 0 Å². The molecule has 1 saturated carbocycles. The lowest BCUT2D eigenvalue weighted by atomic mass is 9.80. The number of carbonyl (C=O) groups excluding carboxylic acids is 1. The molecule has 1 aliphatic carbocycles. The third-order valence-electron chi connectivity index (χ3n) is 3.99. The minimum atomic E-state index is 0. The molecule has 3 N–H and O–H groups in total. The quantitative estimate of drug-likeness (QED) is 0.836. The van der Waals surface area contributed by atoms with Crippen LogP contribution in [0.5, 0.6) is 0 Å². The van der Waals surface area contributed by atoms with Gasteiger partial charge in [-0.05, 0) is 42.5 Å². The molecule has 3 nitrogen and oxygen atoms in total. The van der Waals surface area contributed by atoms with Gasteiger partial charge in [0.15, 0.2) is 0 Å². The predicted octanol–water partition coefficient (Wildman–Crippen LogP) is 3.25. The van der Waals surface area contributed by atoms with Gasteiger partial charge in [0.1, 0.15) is 0 Å². The fraction of sp³-hybridized carbons (Fsp3) is 0.533. The zero-order valence-corrected chi connectivity index (χ0v) is 12.2. The number of carbonyl (C=O) groups is 1. The smallest absolute Gasteiger partial charge is 0.251 e. The van der Waals surface area contributed by atoms with Crippen molar-refractivity contribution < 1.29 is 4.79 Å². The van der Waals surface area contributed by atoms with Crippen LogP contribution in [0.1, 0.15) is 43.0 Å². The van der Waals surface area contributed by atoms with Gasteiger partial charge in [0, 0.05) is 17.8 Å². The van der Waals surface area contributed by atoms with Gasteiger partial charge in [0.05, 0.1) is 0 Å². The second-order valence-corrected chi connectivity index (χ2v) is 5.35. The Morgan fingerprint density at radius 1 is 1.26 bits per heavy atom. The summed E-state index contributed by atoms with van der Waals surface area (Å²) in [5, 5.41) is 3.04. The van der Waals surface area contributed by atoms with Crippen molar-refractivity contribution in [2.24, 2.45) is 11.8 Å². The van der Waals surface area contributed by atoms with E-state index in [9.17, 15) is 4.79 Å². The van der Waals surface area contributed by atoms with E-state index < -0.39 is 0 Å². The monoisotopic (exact) mass is 282 g/mol. The Morgan fingerprint density at radius 3 is 2.53 bits per heavy atom. The highest BCUT2D eigenvalue weighted by Gasteiger charge is 2.21. The van der Waals surface area contributed by atoms with E-state index in [2.05, 4.69) is 12.2 Å². The number of benzene rings is 1. The lowest BCUT2D eigenvalue weighted by Gasteiger charge is -2.28. The Balaban J connectivity index is 0.00000180. The Hall–Kier alpha value is -1.22. The van der Waals surface area contributed by atoms with Crippen LogP contribution in [0.3, 0.4) is 0 Å². The van der Waals surface area contributed by atoms with Gasteiger partial charge < -0.3 is 11.1 Å². The molecule has 4 heteroatoms. The Kier molecular flexibility index (Phi) is 6.16. The van der Waals surface area contributed by atoms with Gasteiger partial charge in [-0.25, -0.2) is 0 Å². The summed E-state index contributed by atoms with van der Waals surface area (Å²) in [6, 6.07) is 7.07. The van der Waals surface area contributed by atoms with Crippen molar-refractivity contribution in [1.29, 1.82) is 0 Å². The summed E-state index contributed by atoms with van der Waals surface area (Å²) < 4.78 is 0. The molecule has 0 heterocycles. The summed E-state index contributed by atoms with van der Waals surface area (Å²) in [7, 11) is 0. The molecule has 2 atom stereocenters. The first kappa shape index (κ1) is 15.8. The number of nitrogens with two attached hydrogens (primary N) is 1. The number of anilines is 1. The van der Waals surface area contributed by atoms with Gasteiger partial charge in [0.25, 0.3) is 5.91 Å². The molecular weight excluding hydrogens is 260 g/mol. The molecule has 0 aromatic heterocycles. The number of hydrogen-bond acceptors (Lipinski definition) is 2. The number of nitrogen functional groups attached to an aromatic ring is 1. The second-order valence-electron chi connectivity index (χ2n) is 5.35. The van der Waals surface area contributed by atoms with E-state index in [1.54, 1.807) is 24.3 Å². The molecule has 1 aliphatic rings. The van der Waals surface area contributed by atoms with Gasteiger partial charge in [0.2, 0.25) is 0 Å². The van der Waals surface area contributed by atoms with Crippen molar-refractivity contribution in [1.82, 2.24) is 5.32 Å². The van der Waals surface area contributed by atoms with E-state index in [1.165, 1.54) is 25.7 Å². The van der Waals surface area contributed by atoms with E-state index >= 15 is 0 Å². The van der Waals surface area contributed by atoms with Gasteiger partial charge in [-0.1, -0.05) is 26.2 Å². The molecule has 0 saturated heterocycles. The van der Waals surface area contributed by atoms with Crippen LogP contribution in [0.25, 0.3) is 0 Å². The van der Waals surface area contributed by atoms with Crippen LogP contribution >= 0.6 is 12.4 Å². The Labute approximate surface area is 121 Å². The largest absolute Gasteiger partial charge is 0.399 e. The number of hydrogen-bond donors (Lipinski definition) is 2. The normalized spacial score (nSPS) is 22.4. The topological polar surface area (TPSA) is 55.1 Å². The molecule has 1 aromatic carbocycles. The van der Waals surface area contributed by atoms with Crippen molar-refractivity contribution >= 4 is 24.0 Å². The van der Waals surface area contributed by atoms with Crippen molar-refractivity contribution in [2.45, 2.75) is 32.6 Å². The van der Waals surface area contributed by atoms with Gasteiger partial charge >= 0.3 is 0 Å². The maximum absolute atomic E-state index is 12.0. The van der Waals surface area contributed by atoms with Crippen LogP contribution in [-0.4, -0.2) is 12.5 Å². The zero-order chi connectivity index (χ0) is 13.0. The Bertz CT molecular complexity index is 405. The maximum Gasteiger partial charge on any atom is 0.251 e. The first-order valence-corrected chi connectivity index (χ1v) is 6.80. The average molecular weight is 283 g/mol. The molecule has 19 heavy (non-hydrogen) atoms. The van der Waals surface area contributed by atoms with Crippen molar-refractivity contribution in [3.63, 3.8) is 0 Å². The van der Waals surface area contributed by atoms with Gasteiger partial charge in [-0.2, -0.15) is 0 Å². The summed E-state index contributed by atoms with van der Waals surface area (Å²) in [5.41, 5.74) is 6.98. The molecule has 0 aliphatic heterocycles. The van der Waals surface area contributed by atoms with Crippen molar-refractivity contribution in [3.05, 3.63) is 29.8 Å². The lowest BCUT2D eigenvalue weighted by molar-refractivity contribution is 0.0936. The van der Waals surface area contributed by atoms with E-state index in [-0.39, 0.29) is 18.3 Å². The fourth-order valence-corrected chi connectivity index (χ4v) is 2.66. The van der Waals surface area contributed by atoms with E-state index in [4.69, 9.17) is 5.73 Å². The minimum Gasteiger partial charge on any atom is -0.399 e. The van der Waals surface area contributed by atoms with E-state index in [0.29, 0.717) is 17.2 Å². The van der Waals surface area contributed by atoms with Gasteiger partial charge in [-0.3, -0.25) is 4.79 Å². The maximum atomic E-state index is 12.0. The highest BCUT2D eigenvalue weighted by molar-refractivity contribution is 5.94. The molecule has 0 bridgehead atoms. The van der Waals surface area contributed by atoms with Crippen LogP contribution in [0.15, 0.2) is 24.3 Å². The molecule has 1 aromatic rings. The lowest BCUT2D eigenvalue weighted by Crippen LogP contribution is -2.33. The zero-order valence-electron chi connectivity index (χ0n) is 11.4. The Morgan fingerprint density at radius 2 is 1.89 bits per heavy atom. The van der Waals surface area contributed by atoms with Crippen LogP contribution in [0.4, 0.5) is 5.69 Å². The number of nitrogens with one attached hydrogen (secondary N) is 1. The first-order valence-electron chi connectivity index (χ1n) is 6.80. The molecule has 2 rings (SSSR count). The predicted molar refractivity (Wildman–Crippen MR) is 81.6 cm³/mol. The number of halogens is 1. The third-order valence-corrected chi connectivity index (χ3v) is 3.99. The third kappa shape index (κ3) is 4.43. The summed E-state index contributed by atoms with van der Waals surface area (Å²) in [4.78, 5) is 12.0. The van der Waals surface area contributed by atoms with Crippen LogP contribution in [0, 0.1) is 11.8 Å². The standard InChI is InChI=1S/C15H22N2O.ClH/c1-11-4-2-3-5-13(11)10-17-15(18)12-6-8-14(16)9-7-12;/h6-9,11,13H,2-5,10,16H2,1H3,(H,17,18);1H. The van der Waals surface area contributed by atoms with E-state index in [1.807, 2.05) is 0 Å². The summed E-state index contributed by atoms with van der Waals surface area (Å²) >= 11 is 0. The molecule has 1 fully saturated rings. The van der Waals surface area contributed by atoms with Crippen molar-refractivity contribution in [2.75, 3.05) is 12.3 Å². The molecule has 2 unspecified atom stereocenters. The molecule has 1 amide bonds. The summed E-state index contributed by atoms with van der Waals surface area (Å²) in [6.45, 7) is 3.09. The SMILES string of the molecule is CC1CCCCC1CNC(=O)c1ccc(N)cc1.Cl. The van der Waals surface area contributed by atoms with Crippen LogP contribution in [-0.2, 0) is 0 Å². The molecule has 0 radical (unpaired) electrons. The number of amides is 1. The second kappa shape index (κ2) is 7.39. The summed E-state index contributed by atoms with van der Waals surface area (Å²) in [5.74, 6) is 1.37.